The van der Waals surface area contributed by atoms with Crippen LogP contribution in [0.5, 0.6) is 0 Å². The Hall–Kier alpha value is -1.88. The van der Waals surface area contributed by atoms with Gasteiger partial charge in [-0.15, -0.1) is 0 Å². The summed E-state index contributed by atoms with van der Waals surface area (Å²) < 4.78 is 0. The molecular weight excluding hydrogens is 314 g/mol. The van der Waals surface area contributed by atoms with Gasteiger partial charge < -0.3 is 15.1 Å². The minimum Gasteiger partial charge on any atom is -0.345 e. The van der Waals surface area contributed by atoms with E-state index in [1.807, 2.05) is 11.0 Å². The van der Waals surface area contributed by atoms with Gasteiger partial charge in [-0.2, -0.15) is 0 Å². The van der Waals surface area contributed by atoms with Crippen LogP contribution >= 0.6 is 0 Å². The second-order valence-corrected chi connectivity index (χ2v) is 7.69. The molecule has 0 aromatic heterocycles. The third-order valence-corrected chi connectivity index (χ3v) is 5.43. The fraction of sp³-hybridized carbons (Fsp3) is 0.600. The molecule has 2 heterocycles. The zero-order valence-corrected chi connectivity index (χ0v) is 15.3. The van der Waals surface area contributed by atoms with Gasteiger partial charge in [0.15, 0.2) is 0 Å². The fourth-order valence-electron chi connectivity index (χ4n) is 3.99. The van der Waals surface area contributed by atoms with Crippen LogP contribution in [0.2, 0.25) is 0 Å². The van der Waals surface area contributed by atoms with E-state index in [-0.39, 0.29) is 18.4 Å². The number of nitrogens with one attached hydrogen (secondary N) is 1. The first-order valence-electron chi connectivity index (χ1n) is 9.36. The van der Waals surface area contributed by atoms with E-state index in [1.54, 1.807) is 0 Å². The maximum Gasteiger partial charge on any atom is 0.246 e. The SMILES string of the molecule is CC(C)CN1C(=O)CNC(=O)C12CCN(CCc1ccccc1)CC2. The van der Waals surface area contributed by atoms with E-state index < -0.39 is 5.54 Å². The van der Waals surface area contributed by atoms with Gasteiger partial charge in [-0.25, -0.2) is 0 Å². The average molecular weight is 343 g/mol. The second kappa shape index (κ2) is 7.56. The molecule has 5 heteroatoms. The van der Waals surface area contributed by atoms with Crippen molar-refractivity contribution in [1.82, 2.24) is 15.1 Å². The molecule has 1 aromatic rings. The lowest BCUT2D eigenvalue weighted by Crippen LogP contribution is -2.70. The lowest BCUT2D eigenvalue weighted by Gasteiger charge is -2.50. The van der Waals surface area contributed by atoms with Gasteiger partial charge >= 0.3 is 0 Å². The normalized spacial score (nSPS) is 21.0. The molecule has 0 unspecified atom stereocenters. The topological polar surface area (TPSA) is 52.7 Å². The van der Waals surface area contributed by atoms with Crippen molar-refractivity contribution in [3.05, 3.63) is 35.9 Å². The smallest absolute Gasteiger partial charge is 0.246 e. The van der Waals surface area contributed by atoms with E-state index in [0.29, 0.717) is 12.5 Å². The predicted octanol–water partition coefficient (Wildman–Crippen LogP) is 1.68. The van der Waals surface area contributed by atoms with Crippen molar-refractivity contribution in [2.75, 3.05) is 32.7 Å². The summed E-state index contributed by atoms with van der Waals surface area (Å²) in [5, 5.41) is 2.82. The Labute approximate surface area is 150 Å². The molecule has 3 rings (SSSR count). The maximum atomic E-state index is 12.7. The quantitative estimate of drug-likeness (QED) is 0.885. The molecule has 2 amide bonds. The average Bonchev–Trinajstić information content (AvgIpc) is 2.62. The Morgan fingerprint density at radius 2 is 1.80 bits per heavy atom. The molecule has 1 N–H and O–H groups in total. The fourth-order valence-corrected chi connectivity index (χ4v) is 3.99. The minimum atomic E-state index is -0.636. The first kappa shape index (κ1) is 17.9. The van der Waals surface area contributed by atoms with E-state index >= 15 is 0 Å². The summed E-state index contributed by atoms with van der Waals surface area (Å²) in [5.74, 6) is 0.462. The summed E-state index contributed by atoms with van der Waals surface area (Å²) in [7, 11) is 0. The molecule has 0 aliphatic carbocycles. The third kappa shape index (κ3) is 3.87. The molecule has 2 saturated heterocycles. The number of rotatable bonds is 5. The van der Waals surface area contributed by atoms with Crippen molar-refractivity contribution in [2.45, 2.75) is 38.6 Å². The highest BCUT2D eigenvalue weighted by Gasteiger charge is 2.50. The van der Waals surface area contributed by atoms with E-state index in [9.17, 15) is 9.59 Å². The molecule has 5 nitrogen and oxygen atoms in total. The Morgan fingerprint density at radius 3 is 2.44 bits per heavy atom. The Bertz CT molecular complexity index is 607. The van der Waals surface area contributed by atoms with Crippen molar-refractivity contribution < 1.29 is 9.59 Å². The number of nitrogens with zero attached hydrogens (tertiary/aromatic N) is 2. The minimum absolute atomic E-state index is 0.0375. The summed E-state index contributed by atoms with van der Waals surface area (Å²) in [6.45, 7) is 7.73. The summed E-state index contributed by atoms with van der Waals surface area (Å²) in [4.78, 5) is 29.4. The van der Waals surface area contributed by atoms with Gasteiger partial charge in [0.2, 0.25) is 11.8 Å². The number of piperazine rings is 1. The first-order valence-corrected chi connectivity index (χ1v) is 9.36. The molecule has 1 aromatic carbocycles. The van der Waals surface area contributed by atoms with Gasteiger partial charge in [0.05, 0.1) is 6.54 Å². The number of piperidine rings is 1. The summed E-state index contributed by atoms with van der Waals surface area (Å²) in [6, 6.07) is 10.5. The van der Waals surface area contributed by atoms with Crippen molar-refractivity contribution in [3.8, 4) is 0 Å². The largest absolute Gasteiger partial charge is 0.345 e. The molecule has 0 atom stereocenters. The van der Waals surface area contributed by atoms with Gasteiger partial charge in [-0.05, 0) is 30.7 Å². The second-order valence-electron chi connectivity index (χ2n) is 7.69. The van der Waals surface area contributed by atoms with Gasteiger partial charge in [0, 0.05) is 26.2 Å². The lowest BCUT2D eigenvalue weighted by molar-refractivity contribution is -0.158. The molecule has 2 fully saturated rings. The van der Waals surface area contributed by atoms with Gasteiger partial charge in [0.1, 0.15) is 5.54 Å². The van der Waals surface area contributed by atoms with E-state index in [0.717, 1.165) is 38.9 Å². The van der Waals surface area contributed by atoms with Crippen molar-refractivity contribution >= 4 is 11.8 Å². The Kier molecular flexibility index (Phi) is 5.42. The molecule has 136 valence electrons. The number of carbonyl (C=O) groups is 2. The third-order valence-electron chi connectivity index (χ3n) is 5.43. The predicted molar refractivity (Wildman–Crippen MR) is 98.1 cm³/mol. The zero-order chi connectivity index (χ0) is 17.9. The van der Waals surface area contributed by atoms with Crippen LogP contribution in [-0.4, -0.2) is 59.9 Å². The van der Waals surface area contributed by atoms with E-state index in [2.05, 4.69) is 48.3 Å². The van der Waals surface area contributed by atoms with Crippen LogP contribution in [0.3, 0.4) is 0 Å². The number of likely N-dealkylation sites (tertiary alicyclic amines) is 1. The highest BCUT2D eigenvalue weighted by Crippen LogP contribution is 2.32. The molecule has 0 bridgehead atoms. The Balaban J connectivity index is 1.63. The molecule has 25 heavy (non-hydrogen) atoms. The van der Waals surface area contributed by atoms with Crippen LogP contribution in [0.4, 0.5) is 0 Å². The van der Waals surface area contributed by atoms with Gasteiger partial charge in [0.25, 0.3) is 0 Å². The number of hydrogen-bond donors (Lipinski definition) is 1. The van der Waals surface area contributed by atoms with Crippen LogP contribution in [0, 0.1) is 5.92 Å². The Morgan fingerprint density at radius 1 is 1.12 bits per heavy atom. The number of benzene rings is 1. The molecule has 1 spiro atoms. The summed E-state index contributed by atoms with van der Waals surface area (Å²) >= 11 is 0. The first-order chi connectivity index (χ1) is 12.0. The van der Waals surface area contributed by atoms with Crippen LogP contribution in [0.25, 0.3) is 0 Å². The van der Waals surface area contributed by atoms with Crippen molar-refractivity contribution in [2.24, 2.45) is 5.92 Å². The lowest BCUT2D eigenvalue weighted by atomic mass is 9.82. The molecule has 2 aliphatic rings. The molecular formula is C20H29N3O2. The van der Waals surface area contributed by atoms with Crippen LogP contribution in [-0.2, 0) is 16.0 Å². The van der Waals surface area contributed by atoms with E-state index in [4.69, 9.17) is 0 Å². The van der Waals surface area contributed by atoms with Crippen LogP contribution in [0.15, 0.2) is 30.3 Å². The van der Waals surface area contributed by atoms with Crippen LogP contribution < -0.4 is 5.32 Å². The number of carbonyl (C=O) groups excluding carboxylic acids is 2. The van der Waals surface area contributed by atoms with Gasteiger partial charge in [-0.1, -0.05) is 44.2 Å². The van der Waals surface area contributed by atoms with E-state index in [1.165, 1.54) is 5.56 Å². The number of amides is 2. The van der Waals surface area contributed by atoms with Crippen molar-refractivity contribution in [3.63, 3.8) is 0 Å². The standard InChI is InChI=1S/C20H29N3O2/c1-16(2)15-23-18(24)14-21-19(25)20(23)9-12-22(13-10-20)11-8-17-6-4-3-5-7-17/h3-7,16H,8-15H2,1-2H3,(H,21,25). The molecule has 0 radical (unpaired) electrons. The summed E-state index contributed by atoms with van der Waals surface area (Å²) in [6.07, 6.45) is 2.48. The maximum absolute atomic E-state index is 12.7. The monoisotopic (exact) mass is 343 g/mol. The highest BCUT2D eigenvalue weighted by atomic mass is 16.2. The zero-order valence-electron chi connectivity index (χ0n) is 15.3. The molecule has 0 saturated carbocycles. The summed E-state index contributed by atoms with van der Waals surface area (Å²) in [5.41, 5.74) is 0.706. The number of hydrogen-bond acceptors (Lipinski definition) is 3. The molecule has 2 aliphatic heterocycles. The highest BCUT2D eigenvalue weighted by molar-refractivity contribution is 5.98. The van der Waals surface area contributed by atoms with Crippen LogP contribution in [0.1, 0.15) is 32.3 Å². The van der Waals surface area contributed by atoms with Crippen molar-refractivity contribution in [1.29, 1.82) is 0 Å². The van der Waals surface area contributed by atoms with Gasteiger partial charge in [-0.3, -0.25) is 9.59 Å².